The number of likely N-dealkylation sites (tertiary alicyclic amines) is 1. The highest BCUT2D eigenvalue weighted by Gasteiger charge is 2.40. The minimum atomic E-state index is -0.481. The molecule has 3 aromatic rings. The van der Waals surface area contributed by atoms with Gasteiger partial charge >= 0.3 is 0 Å². The molecule has 2 aromatic heterocycles. The number of nitrogens with zero attached hydrogens (tertiary/aromatic N) is 3. The largest absolute Gasteiger partial charge is 0.343 e. The lowest BCUT2D eigenvalue weighted by atomic mass is 9.83. The van der Waals surface area contributed by atoms with E-state index < -0.39 is 6.04 Å². The monoisotopic (exact) mass is 505 g/mol. The highest BCUT2D eigenvalue weighted by molar-refractivity contribution is 7.18. The lowest BCUT2D eigenvalue weighted by molar-refractivity contribution is -0.139. The number of likely N-dealkylation sites (N-methyl/N-ethyl adjacent to an activating group) is 1. The smallest absolute Gasteiger partial charge is 0.246 e. The molecule has 1 aromatic carbocycles. The van der Waals surface area contributed by atoms with Crippen LogP contribution in [0, 0.1) is 5.92 Å². The van der Waals surface area contributed by atoms with E-state index in [0.717, 1.165) is 64.9 Å². The quantitative estimate of drug-likeness (QED) is 0.486. The van der Waals surface area contributed by atoms with Crippen molar-refractivity contribution in [2.45, 2.75) is 70.0 Å². The fourth-order valence-electron chi connectivity index (χ4n) is 5.57. The van der Waals surface area contributed by atoms with Crippen LogP contribution >= 0.6 is 11.3 Å². The Labute approximate surface area is 216 Å². The topological polar surface area (TPSA) is 87.2 Å². The van der Waals surface area contributed by atoms with Gasteiger partial charge in [-0.3, -0.25) is 14.6 Å². The summed E-state index contributed by atoms with van der Waals surface area (Å²) in [5.41, 5.74) is 3.04. The van der Waals surface area contributed by atoms with Gasteiger partial charge < -0.3 is 15.5 Å². The highest BCUT2D eigenvalue weighted by Crippen LogP contribution is 2.40. The molecule has 0 radical (unpaired) electrons. The third kappa shape index (κ3) is 5.02. The molecule has 2 amide bonds. The summed E-state index contributed by atoms with van der Waals surface area (Å²) in [4.78, 5) is 38.4. The van der Waals surface area contributed by atoms with Crippen LogP contribution in [0.2, 0.25) is 0 Å². The van der Waals surface area contributed by atoms with Crippen LogP contribution in [-0.2, 0) is 9.59 Å². The minimum absolute atomic E-state index is 0.0433. The van der Waals surface area contributed by atoms with Crippen molar-refractivity contribution in [1.29, 1.82) is 0 Å². The second-order valence-corrected chi connectivity index (χ2v) is 11.1. The lowest BCUT2D eigenvalue weighted by Crippen LogP contribution is -2.55. The number of aromatic nitrogens is 2. The van der Waals surface area contributed by atoms with Crippen molar-refractivity contribution in [3.05, 3.63) is 47.7 Å². The van der Waals surface area contributed by atoms with Crippen molar-refractivity contribution in [2.24, 2.45) is 5.92 Å². The van der Waals surface area contributed by atoms with Gasteiger partial charge in [0.2, 0.25) is 11.8 Å². The zero-order valence-electron chi connectivity index (χ0n) is 21.1. The van der Waals surface area contributed by atoms with Crippen LogP contribution in [-0.4, -0.2) is 52.4 Å². The Hall–Kier alpha value is -2.84. The van der Waals surface area contributed by atoms with Crippen LogP contribution in [0.15, 0.2) is 42.7 Å². The van der Waals surface area contributed by atoms with Gasteiger partial charge in [0.15, 0.2) is 0 Å². The Morgan fingerprint density at radius 3 is 2.58 bits per heavy atom. The third-order valence-corrected chi connectivity index (χ3v) is 8.83. The van der Waals surface area contributed by atoms with Gasteiger partial charge in [0.05, 0.1) is 22.3 Å². The predicted octanol–water partition coefficient (Wildman–Crippen LogP) is 4.69. The minimum Gasteiger partial charge on any atom is -0.343 e. The average Bonchev–Trinajstić information content (AvgIpc) is 3.59. The maximum absolute atomic E-state index is 14.0. The van der Waals surface area contributed by atoms with Gasteiger partial charge in [-0.25, -0.2) is 4.98 Å². The number of rotatable bonds is 7. The first kappa shape index (κ1) is 24.8. The molecule has 8 heteroatoms. The standard InChI is InChI=1S/C28H35N5O2S/c1-18(29-2)26(34)31-24(20-12-7-4-8-13-20)28(35)33-15-9-14-22(33)27-32-25-21(16-30-17-23(25)36-27)19-10-5-3-6-11-19/h3,5-6,10-11,16-18,20,22,24,29H,4,7-9,12-15H2,1-2H3,(H,31,34)/t18-,22-,24-/m0/s1. The van der Waals surface area contributed by atoms with Crippen LogP contribution in [0.1, 0.15) is 62.9 Å². The number of hydrogen-bond donors (Lipinski definition) is 2. The van der Waals surface area contributed by atoms with E-state index in [9.17, 15) is 9.59 Å². The summed E-state index contributed by atoms with van der Waals surface area (Å²) in [5.74, 6) is 0.113. The molecule has 2 aliphatic rings. The summed E-state index contributed by atoms with van der Waals surface area (Å²) in [6, 6.07) is 9.31. The zero-order chi connectivity index (χ0) is 25.1. The van der Waals surface area contributed by atoms with Crippen molar-refractivity contribution in [1.82, 2.24) is 25.5 Å². The van der Waals surface area contributed by atoms with E-state index in [1.807, 2.05) is 42.4 Å². The second kappa shape index (κ2) is 11.0. The molecule has 1 saturated carbocycles. The number of thiazole rings is 1. The van der Waals surface area contributed by atoms with Gasteiger partial charge in [-0.15, -0.1) is 11.3 Å². The van der Waals surface area contributed by atoms with Crippen molar-refractivity contribution >= 4 is 33.4 Å². The number of pyridine rings is 1. The van der Waals surface area contributed by atoms with Gasteiger partial charge in [-0.2, -0.15) is 0 Å². The molecular weight excluding hydrogens is 470 g/mol. The lowest BCUT2D eigenvalue weighted by Gasteiger charge is -2.35. The molecule has 1 aliphatic carbocycles. The Bertz CT molecular complexity index is 1210. The molecule has 3 atom stereocenters. The number of hydrogen-bond acceptors (Lipinski definition) is 6. The predicted molar refractivity (Wildman–Crippen MR) is 144 cm³/mol. The van der Waals surface area contributed by atoms with Gasteiger partial charge in [0, 0.05) is 24.5 Å². The normalized spacial score (nSPS) is 20.4. The Kier molecular flexibility index (Phi) is 7.62. The number of amides is 2. The molecule has 0 spiro atoms. The van der Waals surface area contributed by atoms with Gasteiger partial charge in [0.1, 0.15) is 11.0 Å². The van der Waals surface area contributed by atoms with E-state index >= 15 is 0 Å². The molecule has 1 saturated heterocycles. The number of fused-ring (bicyclic) bond motifs is 1. The summed E-state index contributed by atoms with van der Waals surface area (Å²) >= 11 is 1.63. The molecule has 0 bridgehead atoms. The van der Waals surface area contributed by atoms with E-state index in [2.05, 4.69) is 27.8 Å². The summed E-state index contributed by atoms with van der Waals surface area (Å²) in [5, 5.41) is 7.08. The summed E-state index contributed by atoms with van der Waals surface area (Å²) in [6.45, 7) is 2.53. The van der Waals surface area contributed by atoms with Gasteiger partial charge in [-0.05, 0) is 51.1 Å². The van der Waals surface area contributed by atoms with Crippen LogP contribution in [0.4, 0.5) is 0 Å². The summed E-state index contributed by atoms with van der Waals surface area (Å²) in [6.07, 6.45) is 11.0. The van der Waals surface area contributed by atoms with Crippen LogP contribution in [0.3, 0.4) is 0 Å². The summed E-state index contributed by atoms with van der Waals surface area (Å²) in [7, 11) is 1.77. The molecule has 190 valence electrons. The molecule has 3 heterocycles. The summed E-state index contributed by atoms with van der Waals surface area (Å²) < 4.78 is 1.03. The Balaban J connectivity index is 1.44. The molecule has 2 N–H and O–H groups in total. The van der Waals surface area contributed by atoms with E-state index in [-0.39, 0.29) is 29.8 Å². The van der Waals surface area contributed by atoms with Crippen molar-refractivity contribution in [3.8, 4) is 11.1 Å². The second-order valence-electron chi connectivity index (χ2n) is 10.0. The first-order chi connectivity index (χ1) is 17.6. The van der Waals surface area contributed by atoms with E-state index in [1.165, 1.54) is 6.42 Å². The van der Waals surface area contributed by atoms with E-state index in [0.29, 0.717) is 6.54 Å². The highest BCUT2D eigenvalue weighted by atomic mass is 32.1. The molecule has 0 unspecified atom stereocenters. The van der Waals surface area contributed by atoms with Crippen molar-refractivity contribution < 1.29 is 9.59 Å². The Morgan fingerprint density at radius 1 is 1.06 bits per heavy atom. The van der Waals surface area contributed by atoms with Crippen LogP contribution in [0.25, 0.3) is 21.3 Å². The first-order valence-corrected chi connectivity index (χ1v) is 14.0. The zero-order valence-corrected chi connectivity index (χ0v) is 21.9. The van der Waals surface area contributed by atoms with Crippen molar-refractivity contribution in [3.63, 3.8) is 0 Å². The third-order valence-electron chi connectivity index (χ3n) is 7.74. The van der Waals surface area contributed by atoms with Crippen molar-refractivity contribution in [2.75, 3.05) is 13.6 Å². The maximum atomic E-state index is 14.0. The average molecular weight is 506 g/mol. The Morgan fingerprint density at radius 2 is 1.83 bits per heavy atom. The van der Waals surface area contributed by atoms with Crippen LogP contribution in [0.5, 0.6) is 0 Å². The maximum Gasteiger partial charge on any atom is 0.246 e. The SMILES string of the molecule is CN[C@@H](C)C(=O)N[C@H](C(=O)N1CCC[C@H]1c1nc2c(-c3ccccc3)cncc2s1)C1CCCCC1. The van der Waals surface area contributed by atoms with Crippen LogP contribution < -0.4 is 10.6 Å². The fraction of sp³-hybridized carbons (Fsp3) is 0.500. The molecule has 36 heavy (non-hydrogen) atoms. The first-order valence-electron chi connectivity index (χ1n) is 13.1. The van der Waals surface area contributed by atoms with Gasteiger partial charge in [-0.1, -0.05) is 49.6 Å². The molecular formula is C28H35N5O2S. The number of nitrogens with one attached hydrogen (secondary N) is 2. The number of carbonyl (C=O) groups is 2. The van der Waals surface area contributed by atoms with E-state index in [1.54, 1.807) is 18.4 Å². The fourth-order valence-corrected chi connectivity index (χ4v) is 6.67. The molecule has 1 aliphatic heterocycles. The van der Waals surface area contributed by atoms with Gasteiger partial charge in [0.25, 0.3) is 0 Å². The number of carbonyl (C=O) groups excluding carboxylic acids is 2. The number of benzene rings is 1. The molecule has 7 nitrogen and oxygen atoms in total. The van der Waals surface area contributed by atoms with E-state index in [4.69, 9.17) is 4.98 Å². The molecule has 5 rings (SSSR count). The molecule has 2 fully saturated rings.